The summed E-state index contributed by atoms with van der Waals surface area (Å²) in [4.78, 5) is 16.3. The van der Waals surface area contributed by atoms with Gasteiger partial charge in [-0.3, -0.25) is 4.79 Å². The molecule has 2 N–H and O–H groups in total. The Hall–Kier alpha value is -1.92. The number of benzene rings is 1. The van der Waals surface area contributed by atoms with Crippen molar-refractivity contribution in [1.82, 2.24) is 10.3 Å². The van der Waals surface area contributed by atoms with Crippen LogP contribution in [0.3, 0.4) is 0 Å². The van der Waals surface area contributed by atoms with Crippen LogP contribution in [-0.2, 0) is 0 Å². The number of nitrogens with zero attached hydrogens (tertiary/aromatic N) is 1. The molecule has 0 unspecified atom stereocenters. The molecular weight excluding hydrogens is 395 g/mol. The second-order valence-electron chi connectivity index (χ2n) is 6.61. The number of amides is 1. The minimum Gasteiger partial charge on any atom is -0.367 e. The van der Waals surface area contributed by atoms with Gasteiger partial charge < -0.3 is 10.6 Å². The Morgan fingerprint density at radius 3 is 2.41 bits per heavy atom. The number of aryl methyl sites for hydroxylation is 1. The van der Waals surface area contributed by atoms with Gasteiger partial charge in [-0.25, -0.2) is 13.8 Å². The van der Waals surface area contributed by atoms with Crippen LogP contribution in [-0.4, -0.2) is 23.0 Å². The number of rotatable bonds is 4. The molecule has 1 heterocycles. The maximum Gasteiger partial charge on any atom is 0.251 e. The fourth-order valence-electron chi connectivity index (χ4n) is 3.12. The Morgan fingerprint density at radius 2 is 1.78 bits per heavy atom. The molecule has 0 atom stereocenters. The minimum absolute atomic E-state index is 0. The predicted octanol–water partition coefficient (Wildman–Crippen LogP) is 4.90. The summed E-state index contributed by atoms with van der Waals surface area (Å²) < 4.78 is 26.5. The average molecular weight is 416 g/mol. The monoisotopic (exact) mass is 415 g/mol. The summed E-state index contributed by atoms with van der Waals surface area (Å²) in [5.74, 6) is -0.446. The molecule has 1 fully saturated rings. The highest BCUT2D eigenvalue weighted by Crippen LogP contribution is 2.23. The molecule has 4 nitrogen and oxygen atoms in total. The molecule has 0 spiro atoms. The van der Waals surface area contributed by atoms with Crippen molar-refractivity contribution in [2.45, 2.75) is 44.7 Å². The third-order valence-electron chi connectivity index (χ3n) is 4.64. The normalized spacial score (nSPS) is 19.1. The lowest BCUT2D eigenvalue weighted by atomic mass is 9.91. The van der Waals surface area contributed by atoms with Gasteiger partial charge in [-0.2, -0.15) is 0 Å². The van der Waals surface area contributed by atoms with E-state index >= 15 is 0 Å². The van der Waals surface area contributed by atoms with Crippen LogP contribution in [0.25, 0.3) is 0 Å². The van der Waals surface area contributed by atoms with Crippen molar-refractivity contribution < 1.29 is 13.6 Å². The zero-order chi connectivity index (χ0) is 18.7. The number of hydrogen-bond donors (Lipinski definition) is 2. The maximum absolute atomic E-state index is 13.3. The molecule has 3 rings (SSSR count). The lowest BCUT2D eigenvalue weighted by molar-refractivity contribution is 0.0926. The van der Waals surface area contributed by atoms with Crippen LogP contribution in [0.2, 0.25) is 5.02 Å². The second-order valence-corrected chi connectivity index (χ2v) is 7.02. The summed E-state index contributed by atoms with van der Waals surface area (Å²) in [6.07, 6.45) is 4.59. The quantitative estimate of drug-likeness (QED) is 0.746. The van der Waals surface area contributed by atoms with Crippen LogP contribution in [0.15, 0.2) is 30.5 Å². The molecule has 27 heavy (non-hydrogen) atoms. The third kappa shape index (κ3) is 5.53. The van der Waals surface area contributed by atoms with Gasteiger partial charge >= 0.3 is 0 Å². The van der Waals surface area contributed by atoms with Gasteiger partial charge in [0.05, 0.1) is 11.2 Å². The average Bonchev–Trinajstić information content (AvgIpc) is 2.62. The fourth-order valence-corrected chi connectivity index (χ4v) is 3.30. The Labute approximate surface area is 168 Å². The number of carbonyl (C=O) groups is 1. The molecule has 1 aliphatic carbocycles. The van der Waals surface area contributed by atoms with E-state index in [1.807, 2.05) is 0 Å². The van der Waals surface area contributed by atoms with E-state index in [0.29, 0.717) is 16.9 Å². The molecule has 1 aliphatic rings. The molecule has 2 aromatic rings. The van der Waals surface area contributed by atoms with E-state index in [9.17, 15) is 13.6 Å². The van der Waals surface area contributed by atoms with Gasteiger partial charge in [0.2, 0.25) is 0 Å². The number of aromatic nitrogens is 1. The minimum atomic E-state index is -0.542. The van der Waals surface area contributed by atoms with Gasteiger partial charge in [-0.1, -0.05) is 11.6 Å². The summed E-state index contributed by atoms with van der Waals surface area (Å²) in [6, 6.07) is 5.94. The fraction of sp³-hybridized carbons (Fsp3) is 0.368. The topological polar surface area (TPSA) is 54.0 Å². The first-order chi connectivity index (χ1) is 12.4. The van der Waals surface area contributed by atoms with Crippen LogP contribution < -0.4 is 10.6 Å². The van der Waals surface area contributed by atoms with Gasteiger partial charge in [0.25, 0.3) is 5.91 Å². The zero-order valence-electron chi connectivity index (χ0n) is 14.8. The Bertz CT molecular complexity index is 812. The zero-order valence-corrected chi connectivity index (χ0v) is 16.3. The largest absolute Gasteiger partial charge is 0.367 e. The molecule has 0 aliphatic heterocycles. The summed E-state index contributed by atoms with van der Waals surface area (Å²) in [5, 5.41) is 6.23. The van der Waals surface area contributed by atoms with E-state index in [1.54, 1.807) is 13.0 Å². The summed E-state index contributed by atoms with van der Waals surface area (Å²) in [6.45, 7) is 1.70. The lowest BCUT2D eigenvalue weighted by Crippen LogP contribution is -2.40. The van der Waals surface area contributed by atoms with Gasteiger partial charge in [0, 0.05) is 17.6 Å². The van der Waals surface area contributed by atoms with Crippen LogP contribution in [0.1, 0.15) is 41.6 Å². The lowest BCUT2D eigenvalue weighted by Gasteiger charge is -2.30. The highest BCUT2D eigenvalue weighted by molar-refractivity contribution is 6.31. The van der Waals surface area contributed by atoms with Crippen LogP contribution >= 0.6 is 24.0 Å². The molecule has 146 valence electrons. The number of carbonyl (C=O) groups excluding carboxylic acids is 1. The molecule has 1 saturated carbocycles. The van der Waals surface area contributed by atoms with Crippen molar-refractivity contribution in [2.75, 3.05) is 5.32 Å². The molecule has 1 aromatic carbocycles. The van der Waals surface area contributed by atoms with Gasteiger partial charge in [-0.15, -0.1) is 12.4 Å². The van der Waals surface area contributed by atoms with E-state index in [4.69, 9.17) is 11.6 Å². The van der Waals surface area contributed by atoms with Crippen molar-refractivity contribution in [1.29, 1.82) is 0 Å². The van der Waals surface area contributed by atoms with E-state index in [-0.39, 0.29) is 41.2 Å². The van der Waals surface area contributed by atoms with Gasteiger partial charge in [0.1, 0.15) is 17.5 Å². The molecule has 1 aromatic heterocycles. The number of pyridine rings is 1. The van der Waals surface area contributed by atoms with Crippen molar-refractivity contribution >= 4 is 35.7 Å². The van der Waals surface area contributed by atoms with Crippen molar-refractivity contribution in [3.8, 4) is 0 Å². The van der Waals surface area contributed by atoms with Crippen molar-refractivity contribution in [3.05, 3.63) is 58.2 Å². The molecular formula is C19H21Cl2F2N3O. The summed E-state index contributed by atoms with van der Waals surface area (Å²) in [7, 11) is 0. The SMILES string of the molecule is Cc1cc(N[C@H]2CC[C@@H](NC(=O)c3ccc(F)c(Cl)c3)CC2)ncc1F.Cl. The van der Waals surface area contributed by atoms with E-state index < -0.39 is 5.82 Å². The summed E-state index contributed by atoms with van der Waals surface area (Å²) in [5.41, 5.74) is 0.907. The second kappa shape index (κ2) is 9.33. The summed E-state index contributed by atoms with van der Waals surface area (Å²) >= 11 is 5.72. The number of anilines is 1. The van der Waals surface area contributed by atoms with Gasteiger partial charge in [0.15, 0.2) is 0 Å². The Balaban J connectivity index is 0.00000261. The standard InChI is InChI=1S/C19H20ClF2N3O.ClH/c1-11-8-18(23-10-17(11)22)24-13-3-5-14(6-4-13)25-19(26)12-2-7-16(21)15(20)9-12;/h2,7-10,13-14H,3-6H2,1H3,(H,23,24)(H,25,26);1H/t13-,14+;. The predicted molar refractivity (Wildman–Crippen MR) is 105 cm³/mol. The first kappa shape index (κ1) is 21.4. The highest BCUT2D eigenvalue weighted by Gasteiger charge is 2.23. The number of halogens is 4. The molecule has 1 amide bonds. The van der Waals surface area contributed by atoms with Crippen LogP contribution in [0.5, 0.6) is 0 Å². The molecule has 0 saturated heterocycles. The molecule has 0 bridgehead atoms. The molecule has 8 heteroatoms. The highest BCUT2D eigenvalue weighted by atomic mass is 35.5. The van der Waals surface area contributed by atoms with Crippen LogP contribution in [0, 0.1) is 18.6 Å². The maximum atomic E-state index is 13.3. The number of nitrogens with one attached hydrogen (secondary N) is 2. The Morgan fingerprint density at radius 1 is 1.11 bits per heavy atom. The first-order valence-electron chi connectivity index (χ1n) is 8.57. The van der Waals surface area contributed by atoms with Crippen molar-refractivity contribution in [2.24, 2.45) is 0 Å². The smallest absolute Gasteiger partial charge is 0.251 e. The van der Waals surface area contributed by atoms with Gasteiger partial charge in [-0.05, 0) is 62.4 Å². The third-order valence-corrected chi connectivity index (χ3v) is 4.93. The van der Waals surface area contributed by atoms with E-state index in [1.165, 1.54) is 24.4 Å². The first-order valence-corrected chi connectivity index (χ1v) is 8.95. The van der Waals surface area contributed by atoms with E-state index in [0.717, 1.165) is 25.7 Å². The van der Waals surface area contributed by atoms with Crippen molar-refractivity contribution in [3.63, 3.8) is 0 Å². The number of hydrogen-bond acceptors (Lipinski definition) is 3. The Kier molecular flexibility index (Phi) is 7.39. The van der Waals surface area contributed by atoms with Crippen LogP contribution in [0.4, 0.5) is 14.6 Å². The molecule has 0 radical (unpaired) electrons. The van der Waals surface area contributed by atoms with E-state index in [2.05, 4.69) is 15.6 Å².